The Morgan fingerprint density at radius 2 is 1.93 bits per heavy atom. The van der Waals surface area contributed by atoms with E-state index in [2.05, 4.69) is 16.3 Å². The number of nitrogens with zero attached hydrogens (tertiary/aromatic N) is 3. The molecular formula is C23H29FN4O. The van der Waals surface area contributed by atoms with Crippen molar-refractivity contribution in [3.8, 4) is 0 Å². The fourth-order valence-corrected chi connectivity index (χ4v) is 4.38. The average molecular weight is 397 g/mol. The maximum atomic E-state index is 13.2. The molecule has 2 aromatic rings. The lowest BCUT2D eigenvalue weighted by atomic mass is 9.93. The van der Waals surface area contributed by atoms with Gasteiger partial charge in [-0.05, 0) is 69.1 Å². The monoisotopic (exact) mass is 396 g/mol. The van der Waals surface area contributed by atoms with Crippen LogP contribution in [0.1, 0.15) is 43.0 Å². The third-order valence-electron chi connectivity index (χ3n) is 5.89. The van der Waals surface area contributed by atoms with Gasteiger partial charge in [-0.2, -0.15) is 0 Å². The normalized spacial score (nSPS) is 20.3. The molecule has 0 radical (unpaired) electrons. The molecule has 29 heavy (non-hydrogen) atoms. The van der Waals surface area contributed by atoms with Crippen molar-refractivity contribution in [2.75, 3.05) is 38.0 Å². The van der Waals surface area contributed by atoms with Crippen molar-refractivity contribution >= 4 is 17.3 Å². The zero-order chi connectivity index (χ0) is 20.2. The molecule has 2 fully saturated rings. The van der Waals surface area contributed by atoms with Gasteiger partial charge in [0.2, 0.25) is 5.91 Å². The Balaban J connectivity index is 1.40. The van der Waals surface area contributed by atoms with Crippen molar-refractivity contribution in [1.82, 2.24) is 14.8 Å². The van der Waals surface area contributed by atoms with Gasteiger partial charge in [-0.3, -0.25) is 9.78 Å². The van der Waals surface area contributed by atoms with E-state index < -0.39 is 0 Å². The number of nitrogens with one attached hydrogen (secondary N) is 1. The molecule has 0 spiro atoms. The average Bonchev–Trinajstić information content (AvgIpc) is 3.13. The van der Waals surface area contributed by atoms with Gasteiger partial charge in [0, 0.05) is 61.3 Å². The summed E-state index contributed by atoms with van der Waals surface area (Å²) in [4.78, 5) is 21.1. The summed E-state index contributed by atoms with van der Waals surface area (Å²) in [7, 11) is 0. The van der Waals surface area contributed by atoms with Crippen molar-refractivity contribution in [2.45, 2.75) is 38.5 Å². The van der Waals surface area contributed by atoms with Gasteiger partial charge >= 0.3 is 0 Å². The predicted molar refractivity (Wildman–Crippen MR) is 113 cm³/mol. The van der Waals surface area contributed by atoms with Crippen LogP contribution in [-0.2, 0) is 4.79 Å². The van der Waals surface area contributed by atoms with E-state index in [9.17, 15) is 9.18 Å². The summed E-state index contributed by atoms with van der Waals surface area (Å²) >= 11 is 0. The number of carbonyl (C=O) groups is 1. The van der Waals surface area contributed by atoms with E-state index in [1.807, 2.05) is 17.9 Å². The van der Waals surface area contributed by atoms with Crippen LogP contribution in [0.3, 0.4) is 0 Å². The van der Waals surface area contributed by atoms with E-state index in [0.29, 0.717) is 18.2 Å². The zero-order valence-electron chi connectivity index (χ0n) is 17.0. The van der Waals surface area contributed by atoms with E-state index >= 15 is 0 Å². The minimum Gasteiger partial charge on any atom is -0.355 e. The number of carbonyl (C=O) groups excluding carboxylic acids is 1. The molecule has 0 saturated carbocycles. The molecule has 1 aromatic heterocycles. The molecule has 2 aliphatic rings. The number of anilines is 2. The number of aromatic nitrogens is 1. The molecule has 1 amide bonds. The highest BCUT2D eigenvalue weighted by Crippen LogP contribution is 2.29. The van der Waals surface area contributed by atoms with E-state index in [1.54, 1.807) is 12.1 Å². The number of piperidine rings is 1. The highest BCUT2D eigenvalue weighted by Gasteiger charge is 2.25. The maximum Gasteiger partial charge on any atom is 0.222 e. The number of halogens is 1. The van der Waals surface area contributed by atoms with Crippen LogP contribution in [-0.4, -0.2) is 53.4 Å². The fourth-order valence-electron chi connectivity index (χ4n) is 4.38. The van der Waals surface area contributed by atoms with Crippen LogP contribution in [0.25, 0.3) is 0 Å². The van der Waals surface area contributed by atoms with Gasteiger partial charge in [0.25, 0.3) is 0 Å². The first-order chi connectivity index (χ1) is 14.1. The minimum atomic E-state index is -0.236. The lowest BCUT2D eigenvalue weighted by molar-refractivity contribution is -0.127. The third kappa shape index (κ3) is 5.12. The van der Waals surface area contributed by atoms with Gasteiger partial charge in [0.05, 0.1) is 0 Å². The van der Waals surface area contributed by atoms with Crippen LogP contribution in [0.5, 0.6) is 0 Å². The Bertz CT molecular complexity index is 854. The molecule has 5 nitrogen and oxygen atoms in total. The molecule has 0 aliphatic carbocycles. The Kier molecular flexibility index (Phi) is 6.09. The Labute approximate surface area is 171 Å². The smallest absolute Gasteiger partial charge is 0.222 e. The number of amides is 1. The van der Waals surface area contributed by atoms with Crippen LogP contribution in [0.15, 0.2) is 36.4 Å². The summed E-state index contributed by atoms with van der Waals surface area (Å²) in [6.45, 7) is 6.77. The maximum absolute atomic E-state index is 13.2. The molecule has 1 atom stereocenters. The number of aryl methyl sites for hydroxylation is 1. The molecular weight excluding hydrogens is 367 g/mol. The van der Waals surface area contributed by atoms with Crippen LogP contribution in [0.4, 0.5) is 15.8 Å². The van der Waals surface area contributed by atoms with Crippen molar-refractivity contribution in [3.05, 3.63) is 53.6 Å². The number of rotatable bonds is 6. The van der Waals surface area contributed by atoms with Gasteiger partial charge < -0.3 is 15.1 Å². The van der Waals surface area contributed by atoms with Crippen molar-refractivity contribution in [2.24, 2.45) is 0 Å². The third-order valence-corrected chi connectivity index (χ3v) is 5.89. The molecule has 1 unspecified atom stereocenters. The lowest BCUT2D eigenvalue weighted by Gasteiger charge is -2.33. The fraction of sp³-hybridized carbons (Fsp3) is 0.478. The largest absolute Gasteiger partial charge is 0.355 e. The quantitative estimate of drug-likeness (QED) is 0.800. The molecule has 2 saturated heterocycles. The highest BCUT2D eigenvalue weighted by molar-refractivity contribution is 5.78. The molecule has 1 N–H and O–H groups in total. The number of benzene rings is 1. The first-order valence-electron chi connectivity index (χ1n) is 10.6. The van der Waals surface area contributed by atoms with E-state index in [0.717, 1.165) is 74.7 Å². The first kappa shape index (κ1) is 19.8. The SMILES string of the molecule is Cc1cc(Nc2ccc(F)cc2)cc(C2CCCN(CCN3CCCC3=O)C2)n1. The van der Waals surface area contributed by atoms with Crippen LogP contribution in [0.2, 0.25) is 0 Å². The highest BCUT2D eigenvalue weighted by atomic mass is 19.1. The second kappa shape index (κ2) is 8.91. The first-order valence-corrected chi connectivity index (χ1v) is 10.6. The molecule has 3 heterocycles. The topological polar surface area (TPSA) is 48.5 Å². The van der Waals surface area contributed by atoms with E-state index in [4.69, 9.17) is 4.98 Å². The van der Waals surface area contributed by atoms with Gasteiger partial charge in [-0.25, -0.2) is 4.39 Å². The summed E-state index contributed by atoms with van der Waals surface area (Å²) in [5.74, 6) is 0.460. The number of hydrogen-bond donors (Lipinski definition) is 1. The van der Waals surface area contributed by atoms with E-state index in [1.165, 1.54) is 12.1 Å². The Hall–Kier alpha value is -2.47. The minimum absolute atomic E-state index is 0.236. The van der Waals surface area contributed by atoms with Crippen molar-refractivity contribution < 1.29 is 9.18 Å². The molecule has 154 valence electrons. The Morgan fingerprint density at radius 3 is 2.69 bits per heavy atom. The molecule has 0 bridgehead atoms. The molecule has 1 aromatic carbocycles. The summed E-state index contributed by atoms with van der Waals surface area (Å²) < 4.78 is 13.2. The molecule has 2 aliphatic heterocycles. The summed E-state index contributed by atoms with van der Waals surface area (Å²) in [6, 6.07) is 10.5. The number of likely N-dealkylation sites (tertiary alicyclic amines) is 2. The summed E-state index contributed by atoms with van der Waals surface area (Å²) in [6.07, 6.45) is 3.98. The van der Waals surface area contributed by atoms with Gasteiger partial charge in [-0.1, -0.05) is 0 Å². The van der Waals surface area contributed by atoms with Crippen LogP contribution >= 0.6 is 0 Å². The zero-order valence-corrected chi connectivity index (χ0v) is 17.0. The van der Waals surface area contributed by atoms with Crippen LogP contribution in [0, 0.1) is 12.7 Å². The number of pyridine rings is 1. The van der Waals surface area contributed by atoms with Crippen molar-refractivity contribution in [3.63, 3.8) is 0 Å². The van der Waals surface area contributed by atoms with Crippen molar-refractivity contribution in [1.29, 1.82) is 0 Å². The van der Waals surface area contributed by atoms with Crippen LogP contribution < -0.4 is 5.32 Å². The Morgan fingerprint density at radius 1 is 1.10 bits per heavy atom. The van der Waals surface area contributed by atoms with E-state index in [-0.39, 0.29) is 5.82 Å². The number of hydrogen-bond acceptors (Lipinski definition) is 4. The molecule has 6 heteroatoms. The summed E-state index contributed by atoms with van der Waals surface area (Å²) in [5, 5.41) is 3.37. The van der Waals surface area contributed by atoms with Gasteiger partial charge in [0.1, 0.15) is 5.82 Å². The van der Waals surface area contributed by atoms with Gasteiger partial charge in [-0.15, -0.1) is 0 Å². The van der Waals surface area contributed by atoms with Gasteiger partial charge in [0.15, 0.2) is 0 Å². The second-order valence-corrected chi connectivity index (χ2v) is 8.18. The second-order valence-electron chi connectivity index (χ2n) is 8.18. The lowest BCUT2D eigenvalue weighted by Crippen LogP contribution is -2.40. The predicted octanol–water partition coefficient (Wildman–Crippen LogP) is 4.07. The standard InChI is InChI=1S/C23H29FN4O/c1-17-14-21(26-20-8-6-19(24)7-9-20)15-22(25-17)18-4-2-10-27(16-18)12-13-28-11-3-5-23(28)29/h6-9,14-15,18H,2-5,10-13,16H2,1H3,(H,25,26). The molecule has 4 rings (SSSR count). The summed E-state index contributed by atoms with van der Waals surface area (Å²) in [5.41, 5.74) is 3.94.